The van der Waals surface area contributed by atoms with Crippen LogP contribution in [0.2, 0.25) is 0 Å². The maximum atomic E-state index is 12.5. The maximum absolute atomic E-state index is 12.5. The summed E-state index contributed by atoms with van der Waals surface area (Å²) in [5, 5.41) is 3.60. The van der Waals surface area contributed by atoms with Gasteiger partial charge in [-0.15, -0.1) is 0 Å². The molecule has 0 saturated carbocycles. The van der Waals surface area contributed by atoms with E-state index in [1.807, 2.05) is 0 Å². The van der Waals surface area contributed by atoms with Crippen LogP contribution in [-0.4, -0.2) is 61.0 Å². The van der Waals surface area contributed by atoms with Crippen molar-refractivity contribution in [2.75, 3.05) is 39.3 Å². The summed E-state index contributed by atoms with van der Waals surface area (Å²) in [6.45, 7) is 10.2. The van der Waals surface area contributed by atoms with E-state index in [9.17, 15) is 4.79 Å². The lowest BCUT2D eigenvalue weighted by atomic mass is 9.99. The minimum Gasteiger partial charge on any atom is -0.342 e. The average Bonchev–Trinajstić information content (AvgIpc) is 2.49. The Bertz CT molecular complexity index is 307. The Morgan fingerprint density at radius 2 is 2.00 bits per heavy atom. The van der Waals surface area contributed by atoms with Gasteiger partial charge in [-0.1, -0.05) is 20.3 Å². The number of likely N-dealkylation sites (tertiary alicyclic amines) is 1. The van der Waals surface area contributed by atoms with Crippen molar-refractivity contribution in [3.63, 3.8) is 0 Å². The topological polar surface area (TPSA) is 35.6 Å². The minimum absolute atomic E-state index is 0.339. The van der Waals surface area contributed by atoms with E-state index in [2.05, 4.69) is 29.0 Å². The van der Waals surface area contributed by atoms with Crippen LogP contribution in [-0.2, 0) is 4.79 Å². The van der Waals surface area contributed by atoms with Crippen molar-refractivity contribution in [2.45, 2.75) is 58.4 Å². The number of carbonyl (C=O) groups is 1. The monoisotopic (exact) mass is 295 g/mol. The first-order chi connectivity index (χ1) is 10.2. The number of hydrogen-bond acceptors (Lipinski definition) is 3. The number of nitrogens with one attached hydrogen (secondary N) is 1. The molecule has 1 amide bonds. The second kappa shape index (κ2) is 8.74. The molecule has 4 nitrogen and oxygen atoms in total. The molecular weight excluding hydrogens is 262 g/mol. The summed E-state index contributed by atoms with van der Waals surface area (Å²) >= 11 is 0. The summed E-state index contributed by atoms with van der Waals surface area (Å²) < 4.78 is 0. The highest BCUT2D eigenvalue weighted by molar-refractivity contribution is 5.78. The zero-order valence-corrected chi connectivity index (χ0v) is 13.9. The lowest BCUT2D eigenvalue weighted by Crippen LogP contribution is -2.48. The molecule has 2 rings (SSSR count). The van der Waals surface area contributed by atoms with Crippen LogP contribution in [0.15, 0.2) is 0 Å². The molecular formula is C17H33N3O. The van der Waals surface area contributed by atoms with Crippen molar-refractivity contribution in [3.8, 4) is 0 Å². The average molecular weight is 295 g/mol. The third-order valence-electron chi connectivity index (χ3n) is 4.93. The van der Waals surface area contributed by atoms with Crippen LogP contribution >= 0.6 is 0 Å². The highest BCUT2D eigenvalue weighted by atomic mass is 16.2. The Morgan fingerprint density at radius 3 is 2.62 bits per heavy atom. The van der Waals surface area contributed by atoms with Crippen molar-refractivity contribution in [1.29, 1.82) is 0 Å². The van der Waals surface area contributed by atoms with Crippen LogP contribution < -0.4 is 5.32 Å². The van der Waals surface area contributed by atoms with Gasteiger partial charge in [-0.2, -0.15) is 0 Å². The summed E-state index contributed by atoms with van der Waals surface area (Å²) in [4.78, 5) is 16.9. The zero-order valence-electron chi connectivity index (χ0n) is 13.9. The van der Waals surface area contributed by atoms with Crippen LogP contribution in [0.3, 0.4) is 0 Å². The molecule has 0 spiro atoms. The van der Waals surface area contributed by atoms with Crippen LogP contribution in [0.25, 0.3) is 0 Å². The van der Waals surface area contributed by atoms with Crippen LogP contribution in [0, 0.1) is 5.92 Å². The van der Waals surface area contributed by atoms with Gasteiger partial charge in [-0.25, -0.2) is 0 Å². The Labute approximate surface area is 130 Å². The molecule has 2 fully saturated rings. The maximum Gasteiger partial charge on any atom is 0.236 e. The van der Waals surface area contributed by atoms with E-state index in [1.54, 1.807) is 0 Å². The van der Waals surface area contributed by atoms with E-state index < -0.39 is 0 Å². The van der Waals surface area contributed by atoms with Gasteiger partial charge in [0.2, 0.25) is 5.91 Å². The zero-order chi connectivity index (χ0) is 15.1. The first kappa shape index (κ1) is 16.8. The van der Waals surface area contributed by atoms with Crippen molar-refractivity contribution < 1.29 is 4.79 Å². The summed E-state index contributed by atoms with van der Waals surface area (Å²) in [6, 6.07) is 0.583. The van der Waals surface area contributed by atoms with Gasteiger partial charge in [-0.3, -0.25) is 9.69 Å². The fourth-order valence-electron chi connectivity index (χ4n) is 3.49. The highest BCUT2D eigenvalue weighted by Gasteiger charge is 2.23. The van der Waals surface area contributed by atoms with E-state index in [-0.39, 0.29) is 0 Å². The molecule has 122 valence electrons. The number of rotatable bonds is 6. The summed E-state index contributed by atoms with van der Waals surface area (Å²) in [6.07, 6.45) is 7.35. The van der Waals surface area contributed by atoms with Crippen molar-refractivity contribution in [1.82, 2.24) is 15.1 Å². The SMILES string of the molecule is CCCN(CC(=O)N1CCC(C)CC1)CC1CCCCN1. The number of hydrogen-bond donors (Lipinski definition) is 1. The fourth-order valence-corrected chi connectivity index (χ4v) is 3.49. The predicted octanol–water partition coefficient (Wildman–Crippen LogP) is 2.10. The molecule has 1 N–H and O–H groups in total. The molecule has 2 aliphatic heterocycles. The Kier molecular flexibility index (Phi) is 6.97. The van der Waals surface area contributed by atoms with E-state index in [0.717, 1.165) is 45.1 Å². The third-order valence-corrected chi connectivity index (χ3v) is 4.93. The van der Waals surface area contributed by atoms with Gasteiger partial charge in [0.05, 0.1) is 6.54 Å². The van der Waals surface area contributed by atoms with Gasteiger partial charge < -0.3 is 10.2 Å². The Hall–Kier alpha value is -0.610. The van der Waals surface area contributed by atoms with Gasteiger partial charge in [0, 0.05) is 25.7 Å². The third kappa shape index (κ3) is 5.59. The second-order valence-electron chi connectivity index (χ2n) is 6.95. The fraction of sp³-hybridized carbons (Fsp3) is 0.941. The van der Waals surface area contributed by atoms with Crippen LogP contribution in [0.4, 0.5) is 0 Å². The van der Waals surface area contributed by atoms with Crippen LogP contribution in [0.1, 0.15) is 52.4 Å². The Morgan fingerprint density at radius 1 is 1.24 bits per heavy atom. The molecule has 2 heterocycles. The molecule has 2 aliphatic rings. The van der Waals surface area contributed by atoms with Crippen molar-refractivity contribution in [3.05, 3.63) is 0 Å². The minimum atomic E-state index is 0.339. The van der Waals surface area contributed by atoms with Gasteiger partial charge in [0.25, 0.3) is 0 Å². The number of nitrogens with zero attached hydrogens (tertiary/aromatic N) is 2. The standard InChI is InChI=1S/C17H33N3O/c1-3-10-19(13-16-6-4-5-9-18-16)14-17(21)20-11-7-15(2)8-12-20/h15-16,18H,3-14H2,1-2H3. The van der Waals surface area contributed by atoms with E-state index >= 15 is 0 Å². The molecule has 0 aromatic rings. The summed E-state index contributed by atoms with van der Waals surface area (Å²) in [5.74, 6) is 1.12. The van der Waals surface area contributed by atoms with E-state index in [4.69, 9.17) is 0 Å². The van der Waals surface area contributed by atoms with Crippen molar-refractivity contribution in [2.24, 2.45) is 5.92 Å². The molecule has 2 saturated heterocycles. The molecule has 0 bridgehead atoms. The van der Waals surface area contributed by atoms with Gasteiger partial charge >= 0.3 is 0 Å². The molecule has 0 aliphatic carbocycles. The normalized spacial score (nSPS) is 24.5. The molecule has 4 heteroatoms. The molecule has 0 radical (unpaired) electrons. The second-order valence-corrected chi connectivity index (χ2v) is 6.95. The lowest BCUT2D eigenvalue weighted by molar-refractivity contribution is -0.133. The Balaban J connectivity index is 1.79. The molecule has 0 aromatic carbocycles. The molecule has 1 atom stereocenters. The van der Waals surface area contributed by atoms with Gasteiger partial charge in [-0.05, 0) is 51.1 Å². The summed E-state index contributed by atoms with van der Waals surface area (Å²) in [7, 11) is 0. The quantitative estimate of drug-likeness (QED) is 0.815. The largest absolute Gasteiger partial charge is 0.342 e. The first-order valence-electron chi connectivity index (χ1n) is 8.92. The smallest absolute Gasteiger partial charge is 0.236 e. The molecule has 0 aromatic heterocycles. The number of amides is 1. The molecule has 21 heavy (non-hydrogen) atoms. The van der Waals surface area contributed by atoms with Gasteiger partial charge in [0.15, 0.2) is 0 Å². The van der Waals surface area contributed by atoms with Gasteiger partial charge in [0.1, 0.15) is 0 Å². The number of piperidine rings is 2. The number of carbonyl (C=O) groups excluding carboxylic acids is 1. The first-order valence-corrected chi connectivity index (χ1v) is 8.92. The van der Waals surface area contributed by atoms with Crippen LogP contribution in [0.5, 0.6) is 0 Å². The van der Waals surface area contributed by atoms with E-state index in [0.29, 0.717) is 18.5 Å². The van der Waals surface area contributed by atoms with E-state index in [1.165, 1.54) is 32.1 Å². The predicted molar refractivity (Wildman–Crippen MR) is 87.4 cm³/mol. The molecule has 1 unspecified atom stereocenters. The lowest BCUT2D eigenvalue weighted by Gasteiger charge is -2.34. The highest BCUT2D eigenvalue weighted by Crippen LogP contribution is 2.16. The summed E-state index contributed by atoms with van der Waals surface area (Å²) in [5.41, 5.74) is 0. The van der Waals surface area contributed by atoms with Crippen molar-refractivity contribution >= 4 is 5.91 Å².